The van der Waals surface area contributed by atoms with Crippen LogP contribution in [0.2, 0.25) is 0 Å². The number of carbonyl (C=O) groups is 3. The molecule has 0 aromatic carbocycles. The van der Waals surface area contributed by atoms with E-state index in [0.29, 0.717) is 11.9 Å². The van der Waals surface area contributed by atoms with Gasteiger partial charge in [0.05, 0.1) is 25.2 Å². The van der Waals surface area contributed by atoms with E-state index in [1.54, 1.807) is 6.92 Å². The summed E-state index contributed by atoms with van der Waals surface area (Å²) in [5, 5.41) is 0. The Hall–Kier alpha value is -1.49. The summed E-state index contributed by atoms with van der Waals surface area (Å²) in [5.74, 6) is -1.28. The largest absolute Gasteiger partial charge is 0.462 e. The SMILES string of the molecule is C=C(C)C(=O)OCC(C)(C)C(OCC(C=O)C(C)=O)C(C)C. The molecule has 0 heterocycles. The average molecular weight is 312 g/mol. The molecule has 0 aromatic heterocycles. The molecule has 0 radical (unpaired) electrons. The van der Waals surface area contributed by atoms with Gasteiger partial charge in [-0.1, -0.05) is 34.3 Å². The molecule has 0 amide bonds. The molecule has 0 aliphatic carbocycles. The van der Waals surface area contributed by atoms with E-state index in [4.69, 9.17) is 9.47 Å². The van der Waals surface area contributed by atoms with Crippen molar-refractivity contribution in [1.29, 1.82) is 0 Å². The number of esters is 1. The van der Waals surface area contributed by atoms with Crippen molar-refractivity contribution >= 4 is 18.0 Å². The fourth-order valence-electron chi connectivity index (χ4n) is 2.24. The summed E-state index contributed by atoms with van der Waals surface area (Å²) < 4.78 is 11.0. The van der Waals surface area contributed by atoms with E-state index in [1.165, 1.54) is 6.92 Å². The van der Waals surface area contributed by atoms with E-state index in [0.717, 1.165) is 0 Å². The number of carbonyl (C=O) groups excluding carboxylic acids is 3. The summed E-state index contributed by atoms with van der Waals surface area (Å²) in [7, 11) is 0. The Kier molecular flexibility index (Phi) is 8.23. The third-order valence-corrected chi connectivity index (χ3v) is 3.44. The highest BCUT2D eigenvalue weighted by molar-refractivity contribution is 5.91. The number of hydrogen-bond donors (Lipinski definition) is 0. The Labute approximate surface area is 133 Å². The van der Waals surface area contributed by atoms with Crippen molar-refractivity contribution < 1.29 is 23.9 Å². The van der Waals surface area contributed by atoms with Gasteiger partial charge in [-0.05, 0) is 19.8 Å². The van der Waals surface area contributed by atoms with Crippen molar-refractivity contribution in [3.63, 3.8) is 0 Å². The molecule has 0 spiro atoms. The predicted octanol–water partition coefficient (Wildman–Crippen LogP) is 2.58. The maximum absolute atomic E-state index is 11.5. The van der Waals surface area contributed by atoms with E-state index in [2.05, 4.69) is 6.58 Å². The Morgan fingerprint density at radius 3 is 2.14 bits per heavy atom. The second-order valence-electron chi connectivity index (χ2n) is 6.70. The molecule has 126 valence electrons. The zero-order chi connectivity index (χ0) is 17.5. The van der Waals surface area contributed by atoms with Crippen LogP contribution in [-0.4, -0.2) is 37.4 Å². The van der Waals surface area contributed by atoms with Crippen LogP contribution in [0.1, 0.15) is 41.5 Å². The topological polar surface area (TPSA) is 69.7 Å². The minimum absolute atomic E-state index is 0.0412. The van der Waals surface area contributed by atoms with Gasteiger partial charge in [0.25, 0.3) is 0 Å². The molecule has 2 atom stereocenters. The predicted molar refractivity (Wildman–Crippen MR) is 84.4 cm³/mol. The lowest BCUT2D eigenvalue weighted by atomic mass is 9.81. The highest BCUT2D eigenvalue weighted by Gasteiger charge is 2.35. The molecule has 0 N–H and O–H groups in total. The minimum atomic E-state index is -0.755. The van der Waals surface area contributed by atoms with Crippen molar-refractivity contribution in [2.45, 2.75) is 47.6 Å². The van der Waals surface area contributed by atoms with Gasteiger partial charge in [0.2, 0.25) is 0 Å². The molecule has 0 rings (SSSR count). The van der Waals surface area contributed by atoms with Crippen LogP contribution in [0.5, 0.6) is 0 Å². The zero-order valence-electron chi connectivity index (χ0n) is 14.5. The number of hydrogen-bond acceptors (Lipinski definition) is 5. The molecule has 5 nitrogen and oxygen atoms in total. The van der Waals surface area contributed by atoms with Crippen molar-refractivity contribution in [2.24, 2.45) is 17.3 Å². The van der Waals surface area contributed by atoms with Crippen LogP contribution in [0.3, 0.4) is 0 Å². The molecule has 2 unspecified atom stereocenters. The lowest BCUT2D eigenvalue weighted by Gasteiger charge is -2.36. The van der Waals surface area contributed by atoms with Gasteiger partial charge in [-0.15, -0.1) is 0 Å². The second kappa shape index (κ2) is 8.83. The summed E-state index contributed by atoms with van der Waals surface area (Å²) in [6, 6.07) is 0. The first-order chi connectivity index (χ1) is 10.0. The Morgan fingerprint density at radius 1 is 1.23 bits per heavy atom. The first kappa shape index (κ1) is 20.5. The van der Waals surface area contributed by atoms with E-state index >= 15 is 0 Å². The number of rotatable bonds is 10. The van der Waals surface area contributed by atoms with Crippen LogP contribution in [0.4, 0.5) is 0 Å². The summed E-state index contributed by atoms with van der Waals surface area (Å²) in [6.45, 7) is 14.5. The Bertz CT molecular complexity index is 423. The molecule has 0 saturated carbocycles. The molecule has 0 aliphatic heterocycles. The van der Waals surface area contributed by atoms with E-state index < -0.39 is 17.3 Å². The Morgan fingerprint density at radius 2 is 1.77 bits per heavy atom. The fourth-order valence-corrected chi connectivity index (χ4v) is 2.24. The van der Waals surface area contributed by atoms with Crippen molar-refractivity contribution in [1.82, 2.24) is 0 Å². The maximum Gasteiger partial charge on any atom is 0.333 e. The zero-order valence-corrected chi connectivity index (χ0v) is 14.5. The monoisotopic (exact) mass is 312 g/mol. The average Bonchev–Trinajstić information content (AvgIpc) is 2.39. The third-order valence-electron chi connectivity index (χ3n) is 3.44. The van der Waals surface area contributed by atoms with Crippen molar-refractivity contribution in [3.05, 3.63) is 12.2 Å². The lowest BCUT2D eigenvalue weighted by Crippen LogP contribution is -2.41. The van der Waals surface area contributed by atoms with Crippen LogP contribution in [0.15, 0.2) is 12.2 Å². The van der Waals surface area contributed by atoms with Gasteiger partial charge in [0.15, 0.2) is 0 Å². The second-order valence-corrected chi connectivity index (χ2v) is 6.70. The third kappa shape index (κ3) is 6.52. The van der Waals surface area contributed by atoms with E-state index in [9.17, 15) is 14.4 Å². The van der Waals surface area contributed by atoms with Gasteiger partial charge in [-0.2, -0.15) is 0 Å². The number of ether oxygens (including phenoxy) is 2. The van der Waals surface area contributed by atoms with Crippen LogP contribution in [0, 0.1) is 17.3 Å². The normalized spacial score (nSPS) is 14.3. The van der Waals surface area contributed by atoms with E-state index in [1.807, 2.05) is 27.7 Å². The molecule has 0 aromatic rings. The smallest absolute Gasteiger partial charge is 0.333 e. The van der Waals surface area contributed by atoms with Crippen molar-refractivity contribution in [2.75, 3.05) is 13.2 Å². The summed E-state index contributed by atoms with van der Waals surface area (Å²) in [6.07, 6.45) is 0.348. The molecular weight excluding hydrogens is 284 g/mol. The highest BCUT2D eigenvalue weighted by Crippen LogP contribution is 2.30. The minimum Gasteiger partial charge on any atom is -0.462 e. The Balaban J connectivity index is 4.83. The molecule has 0 bridgehead atoms. The first-order valence-corrected chi connectivity index (χ1v) is 7.43. The standard InChI is InChI=1S/C17H28O5/c1-11(2)15(21-9-14(8-18)13(5)19)17(6,7)10-22-16(20)12(3)4/h8,11,14-15H,3,9-10H2,1-2,4-7H3. The van der Waals surface area contributed by atoms with Crippen molar-refractivity contribution in [3.8, 4) is 0 Å². The van der Waals surface area contributed by atoms with Gasteiger partial charge >= 0.3 is 5.97 Å². The van der Waals surface area contributed by atoms with Gasteiger partial charge < -0.3 is 14.3 Å². The number of aldehydes is 1. The number of Topliss-reactive ketones (excluding diaryl/α,β-unsaturated/α-hetero) is 1. The fraction of sp³-hybridized carbons (Fsp3) is 0.706. The van der Waals surface area contributed by atoms with Crippen LogP contribution < -0.4 is 0 Å². The van der Waals surface area contributed by atoms with Gasteiger partial charge in [-0.3, -0.25) is 4.79 Å². The van der Waals surface area contributed by atoms with Crippen LogP contribution in [-0.2, 0) is 23.9 Å². The summed E-state index contributed by atoms with van der Waals surface area (Å²) in [4.78, 5) is 33.7. The van der Waals surface area contributed by atoms with Gasteiger partial charge in [0.1, 0.15) is 12.1 Å². The quantitative estimate of drug-likeness (QED) is 0.268. The lowest BCUT2D eigenvalue weighted by molar-refractivity contribution is -0.149. The molecule has 5 heteroatoms. The molecule has 0 aliphatic rings. The van der Waals surface area contributed by atoms with Crippen LogP contribution >= 0.6 is 0 Å². The first-order valence-electron chi connectivity index (χ1n) is 7.43. The summed E-state index contributed by atoms with van der Waals surface area (Å²) in [5.41, 5.74) is -0.112. The van der Waals surface area contributed by atoms with E-state index in [-0.39, 0.29) is 31.0 Å². The van der Waals surface area contributed by atoms with Gasteiger partial charge in [-0.25, -0.2) is 4.79 Å². The summed E-state index contributed by atoms with van der Waals surface area (Å²) >= 11 is 0. The maximum atomic E-state index is 11.5. The molecule has 0 fully saturated rings. The molecular formula is C17H28O5. The molecule has 0 saturated heterocycles. The van der Waals surface area contributed by atoms with Crippen LogP contribution in [0.25, 0.3) is 0 Å². The number of ketones is 1. The highest BCUT2D eigenvalue weighted by atomic mass is 16.5. The molecule has 22 heavy (non-hydrogen) atoms. The van der Waals surface area contributed by atoms with Gasteiger partial charge in [0, 0.05) is 11.0 Å².